The van der Waals surface area contributed by atoms with Gasteiger partial charge < -0.3 is 10.8 Å². The normalized spacial score (nSPS) is 15.3. The molecule has 3 N–H and O–H groups in total. The second kappa shape index (κ2) is 3.63. The van der Waals surface area contributed by atoms with Gasteiger partial charge in [0, 0.05) is 5.56 Å². The summed E-state index contributed by atoms with van der Waals surface area (Å²) in [6.45, 7) is 2.45. The van der Waals surface area contributed by atoms with Gasteiger partial charge in [0.15, 0.2) is 0 Å². The first-order valence-corrected chi connectivity index (χ1v) is 4.24. The van der Waals surface area contributed by atoms with Crippen molar-refractivity contribution in [2.24, 2.45) is 5.73 Å². The zero-order chi connectivity index (χ0) is 10.9. The first-order chi connectivity index (χ1) is 6.38. The predicted molar refractivity (Wildman–Crippen MR) is 49.7 cm³/mol. The lowest BCUT2D eigenvalue weighted by Crippen LogP contribution is -2.39. The molecule has 0 fully saturated rings. The molecule has 1 atom stereocenters. The summed E-state index contributed by atoms with van der Waals surface area (Å²) in [6.07, 6.45) is 0. The molecule has 4 heteroatoms. The molecule has 0 aromatic heterocycles. The Labute approximate surface area is 81.4 Å². The fourth-order valence-corrected chi connectivity index (χ4v) is 1.32. The SMILES string of the molecule is Cc1cc(F)c(C(C)(N)CO)c(F)c1. The Morgan fingerprint density at radius 1 is 1.36 bits per heavy atom. The summed E-state index contributed by atoms with van der Waals surface area (Å²) in [5, 5.41) is 8.91. The number of halogens is 2. The molecule has 1 aromatic rings. The third-order valence-corrected chi connectivity index (χ3v) is 2.09. The Hall–Kier alpha value is -1.00. The van der Waals surface area contributed by atoms with E-state index in [1.165, 1.54) is 19.1 Å². The highest BCUT2D eigenvalue weighted by Crippen LogP contribution is 2.24. The molecule has 14 heavy (non-hydrogen) atoms. The molecule has 1 aromatic carbocycles. The molecule has 0 aliphatic heterocycles. The van der Waals surface area contributed by atoms with Crippen molar-refractivity contribution < 1.29 is 13.9 Å². The fourth-order valence-electron chi connectivity index (χ4n) is 1.32. The molecule has 0 amide bonds. The first kappa shape index (κ1) is 11.1. The highest BCUT2D eigenvalue weighted by molar-refractivity contribution is 5.30. The van der Waals surface area contributed by atoms with Crippen LogP contribution in [-0.2, 0) is 5.54 Å². The first-order valence-electron chi connectivity index (χ1n) is 4.24. The summed E-state index contributed by atoms with van der Waals surface area (Å²) >= 11 is 0. The van der Waals surface area contributed by atoms with Crippen molar-refractivity contribution in [3.8, 4) is 0 Å². The van der Waals surface area contributed by atoms with Crippen LogP contribution in [0, 0.1) is 18.6 Å². The van der Waals surface area contributed by atoms with Crippen molar-refractivity contribution in [3.05, 3.63) is 34.9 Å². The molecule has 0 spiro atoms. The third kappa shape index (κ3) is 1.91. The Balaban J connectivity index is 3.35. The van der Waals surface area contributed by atoms with E-state index in [2.05, 4.69) is 0 Å². The molecule has 2 nitrogen and oxygen atoms in total. The summed E-state index contributed by atoms with van der Waals surface area (Å²) in [6, 6.07) is 2.39. The van der Waals surface area contributed by atoms with Crippen molar-refractivity contribution >= 4 is 0 Å². The van der Waals surface area contributed by atoms with Gasteiger partial charge in [0.2, 0.25) is 0 Å². The lowest BCUT2D eigenvalue weighted by Gasteiger charge is -2.23. The van der Waals surface area contributed by atoms with E-state index in [1.807, 2.05) is 0 Å². The van der Waals surface area contributed by atoms with Gasteiger partial charge in [0.1, 0.15) is 11.6 Å². The molecule has 1 rings (SSSR count). The third-order valence-electron chi connectivity index (χ3n) is 2.09. The lowest BCUT2D eigenvalue weighted by molar-refractivity contribution is 0.202. The predicted octanol–water partition coefficient (Wildman–Crippen LogP) is 1.44. The van der Waals surface area contributed by atoms with Gasteiger partial charge >= 0.3 is 0 Å². The van der Waals surface area contributed by atoms with Crippen LogP contribution >= 0.6 is 0 Å². The van der Waals surface area contributed by atoms with Crippen LogP contribution in [0.5, 0.6) is 0 Å². The van der Waals surface area contributed by atoms with Gasteiger partial charge in [0.25, 0.3) is 0 Å². The van der Waals surface area contributed by atoms with E-state index in [4.69, 9.17) is 10.8 Å². The zero-order valence-electron chi connectivity index (χ0n) is 8.14. The van der Waals surface area contributed by atoms with E-state index in [9.17, 15) is 8.78 Å². The summed E-state index contributed by atoms with van der Waals surface area (Å²) in [4.78, 5) is 0. The number of hydrogen-bond acceptors (Lipinski definition) is 2. The minimum Gasteiger partial charge on any atom is -0.394 e. The van der Waals surface area contributed by atoms with E-state index in [0.717, 1.165) is 0 Å². The van der Waals surface area contributed by atoms with Crippen LogP contribution in [0.3, 0.4) is 0 Å². The van der Waals surface area contributed by atoms with Crippen LogP contribution < -0.4 is 5.73 Å². The molecule has 0 saturated carbocycles. The van der Waals surface area contributed by atoms with Gasteiger partial charge in [-0.05, 0) is 31.5 Å². The second-order valence-corrected chi connectivity index (χ2v) is 3.68. The number of hydrogen-bond donors (Lipinski definition) is 2. The molecular weight excluding hydrogens is 188 g/mol. The molecule has 0 saturated heterocycles. The standard InChI is InChI=1S/C10H13F2NO/c1-6-3-7(11)9(8(12)4-6)10(2,13)5-14/h3-4,14H,5,13H2,1-2H3. The Bertz CT molecular complexity index is 327. The van der Waals surface area contributed by atoms with E-state index in [0.29, 0.717) is 5.56 Å². The number of rotatable bonds is 2. The van der Waals surface area contributed by atoms with Gasteiger partial charge in [0.05, 0.1) is 12.1 Å². The monoisotopic (exact) mass is 201 g/mol. The molecule has 0 aliphatic rings. The van der Waals surface area contributed by atoms with E-state index >= 15 is 0 Å². The van der Waals surface area contributed by atoms with Gasteiger partial charge in [-0.25, -0.2) is 8.78 Å². The Morgan fingerprint density at radius 2 is 1.79 bits per heavy atom. The van der Waals surface area contributed by atoms with E-state index < -0.39 is 23.8 Å². The average Bonchev–Trinajstić information content (AvgIpc) is 2.01. The summed E-state index contributed by atoms with van der Waals surface area (Å²) in [5.74, 6) is -1.44. The Morgan fingerprint density at radius 3 is 2.14 bits per heavy atom. The van der Waals surface area contributed by atoms with Crippen molar-refractivity contribution in [3.63, 3.8) is 0 Å². The van der Waals surface area contributed by atoms with E-state index in [-0.39, 0.29) is 5.56 Å². The maximum Gasteiger partial charge on any atom is 0.131 e. The van der Waals surface area contributed by atoms with Gasteiger partial charge in [-0.3, -0.25) is 0 Å². The van der Waals surface area contributed by atoms with Crippen molar-refractivity contribution in [1.29, 1.82) is 0 Å². The Kier molecular flexibility index (Phi) is 2.87. The maximum atomic E-state index is 13.4. The number of aliphatic hydroxyl groups is 1. The van der Waals surface area contributed by atoms with Crippen LogP contribution in [0.1, 0.15) is 18.1 Å². The number of aliphatic hydroxyl groups excluding tert-OH is 1. The van der Waals surface area contributed by atoms with Gasteiger partial charge in [-0.1, -0.05) is 0 Å². The minimum absolute atomic E-state index is 0.273. The minimum atomic E-state index is -1.39. The van der Waals surface area contributed by atoms with Crippen LogP contribution in [0.15, 0.2) is 12.1 Å². The van der Waals surface area contributed by atoms with Gasteiger partial charge in [-0.15, -0.1) is 0 Å². The topological polar surface area (TPSA) is 46.2 Å². The molecule has 78 valence electrons. The zero-order valence-corrected chi connectivity index (χ0v) is 8.14. The fraction of sp³-hybridized carbons (Fsp3) is 0.400. The van der Waals surface area contributed by atoms with Crippen LogP contribution in [0.25, 0.3) is 0 Å². The van der Waals surface area contributed by atoms with Crippen molar-refractivity contribution in [2.75, 3.05) is 6.61 Å². The number of aryl methyl sites for hydroxylation is 1. The van der Waals surface area contributed by atoms with Crippen molar-refractivity contribution in [1.82, 2.24) is 0 Å². The highest BCUT2D eigenvalue weighted by Gasteiger charge is 2.27. The van der Waals surface area contributed by atoms with Crippen LogP contribution in [-0.4, -0.2) is 11.7 Å². The summed E-state index contributed by atoms with van der Waals surface area (Å²) in [7, 11) is 0. The average molecular weight is 201 g/mol. The lowest BCUT2D eigenvalue weighted by atomic mass is 9.92. The molecule has 1 unspecified atom stereocenters. The van der Waals surface area contributed by atoms with Gasteiger partial charge in [-0.2, -0.15) is 0 Å². The highest BCUT2D eigenvalue weighted by atomic mass is 19.1. The summed E-state index contributed by atoms with van der Waals surface area (Å²) in [5.41, 5.74) is 4.38. The molecule has 0 heterocycles. The van der Waals surface area contributed by atoms with Crippen LogP contribution in [0.4, 0.5) is 8.78 Å². The molecular formula is C10H13F2NO. The largest absolute Gasteiger partial charge is 0.394 e. The number of nitrogens with two attached hydrogens (primary N) is 1. The second-order valence-electron chi connectivity index (χ2n) is 3.68. The number of benzene rings is 1. The van der Waals surface area contributed by atoms with Crippen LogP contribution in [0.2, 0.25) is 0 Å². The molecule has 0 bridgehead atoms. The maximum absolute atomic E-state index is 13.4. The van der Waals surface area contributed by atoms with Crippen molar-refractivity contribution in [2.45, 2.75) is 19.4 Å². The quantitative estimate of drug-likeness (QED) is 0.760. The smallest absolute Gasteiger partial charge is 0.131 e. The molecule has 0 radical (unpaired) electrons. The molecule has 0 aliphatic carbocycles. The summed E-state index contributed by atoms with van der Waals surface area (Å²) < 4.78 is 26.7. The van der Waals surface area contributed by atoms with E-state index in [1.54, 1.807) is 6.92 Å².